The summed E-state index contributed by atoms with van der Waals surface area (Å²) in [6.45, 7) is 3.01. The molecule has 1 saturated heterocycles. The van der Waals surface area contributed by atoms with Gasteiger partial charge in [0.2, 0.25) is 11.7 Å². The van der Waals surface area contributed by atoms with Gasteiger partial charge >= 0.3 is 0 Å². The molecule has 1 N–H and O–H groups in total. The van der Waals surface area contributed by atoms with Gasteiger partial charge in [-0.05, 0) is 57.0 Å². The molecule has 1 unspecified atom stereocenters. The molecular weight excluding hydrogens is 302 g/mol. The van der Waals surface area contributed by atoms with E-state index in [1.165, 1.54) is 6.26 Å². The average molecular weight is 321 g/mol. The van der Waals surface area contributed by atoms with E-state index in [1.54, 1.807) is 24.3 Å². The molecule has 2 aromatic rings. The molecule has 1 atom stereocenters. The van der Waals surface area contributed by atoms with Crippen LogP contribution in [0.5, 0.6) is 0 Å². The van der Waals surface area contributed by atoms with E-state index in [-0.39, 0.29) is 10.4 Å². The van der Waals surface area contributed by atoms with Crippen LogP contribution in [-0.4, -0.2) is 31.4 Å². The number of piperidine rings is 1. The van der Waals surface area contributed by atoms with Gasteiger partial charge in [-0.3, -0.25) is 0 Å². The van der Waals surface area contributed by atoms with Gasteiger partial charge in [-0.15, -0.1) is 0 Å². The zero-order valence-corrected chi connectivity index (χ0v) is 13.5. The van der Waals surface area contributed by atoms with Crippen LogP contribution in [-0.2, 0) is 15.4 Å². The number of aromatic nitrogens is 2. The topological polar surface area (TPSA) is 85.1 Å². The first-order valence-corrected chi connectivity index (χ1v) is 9.17. The molecule has 22 heavy (non-hydrogen) atoms. The Labute approximate surface area is 129 Å². The van der Waals surface area contributed by atoms with Crippen molar-refractivity contribution in [3.05, 3.63) is 30.2 Å². The van der Waals surface area contributed by atoms with E-state index in [1.807, 2.05) is 0 Å². The van der Waals surface area contributed by atoms with Crippen molar-refractivity contribution in [1.82, 2.24) is 15.5 Å². The smallest absolute Gasteiger partial charge is 0.246 e. The molecular formula is C15H19N3O3S. The molecule has 6 nitrogen and oxygen atoms in total. The Morgan fingerprint density at radius 2 is 1.95 bits per heavy atom. The standard InChI is InChI=1S/C15H19N3O3S/c1-15(9-3-4-10-16-15)14-17-13(18-21-14)11-5-7-12(8-6-11)22(2,19)20/h5-8,16H,3-4,9-10H2,1-2H3. The highest BCUT2D eigenvalue weighted by Crippen LogP contribution is 2.30. The first-order chi connectivity index (χ1) is 10.4. The third kappa shape index (κ3) is 2.91. The maximum atomic E-state index is 11.5. The number of hydrogen-bond donors (Lipinski definition) is 1. The zero-order chi connectivity index (χ0) is 15.8. The van der Waals surface area contributed by atoms with Gasteiger partial charge < -0.3 is 9.84 Å². The number of sulfone groups is 1. The molecule has 0 spiro atoms. The Balaban J connectivity index is 1.87. The lowest BCUT2D eigenvalue weighted by molar-refractivity contribution is 0.207. The van der Waals surface area contributed by atoms with Crippen molar-refractivity contribution in [3.8, 4) is 11.4 Å². The average Bonchev–Trinajstić information content (AvgIpc) is 2.98. The van der Waals surface area contributed by atoms with Gasteiger partial charge in [-0.1, -0.05) is 5.16 Å². The molecule has 0 saturated carbocycles. The van der Waals surface area contributed by atoms with Crippen LogP contribution < -0.4 is 5.32 Å². The fourth-order valence-corrected chi connectivity index (χ4v) is 3.29. The minimum atomic E-state index is -3.20. The second-order valence-corrected chi connectivity index (χ2v) is 7.95. The van der Waals surface area contributed by atoms with Crippen LogP contribution in [0.15, 0.2) is 33.7 Å². The molecule has 7 heteroatoms. The van der Waals surface area contributed by atoms with E-state index in [0.29, 0.717) is 11.7 Å². The van der Waals surface area contributed by atoms with Crippen LogP contribution in [0.3, 0.4) is 0 Å². The molecule has 0 radical (unpaired) electrons. The molecule has 1 aromatic heterocycles. The van der Waals surface area contributed by atoms with Crippen molar-refractivity contribution < 1.29 is 12.9 Å². The van der Waals surface area contributed by atoms with Gasteiger partial charge in [0.15, 0.2) is 9.84 Å². The molecule has 0 amide bonds. The van der Waals surface area contributed by atoms with Crippen LogP contribution in [0.25, 0.3) is 11.4 Å². The summed E-state index contributed by atoms with van der Waals surface area (Å²) < 4.78 is 28.4. The van der Waals surface area contributed by atoms with Gasteiger partial charge in [0.25, 0.3) is 0 Å². The summed E-state index contributed by atoms with van der Waals surface area (Å²) in [5.41, 5.74) is 0.456. The lowest BCUT2D eigenvalue weighted by atomic mass is 9.91. The van der Waals surface area contributed by atoms with Crippen molar-refractivity contribution in [2.24, 2.45) is 0 Å². The van der Waals surface area contributed by atoms with Crippen molar-refractivity contribution in [3.63, 3.8) is 0 Å². The minimum Gasteiger partial charge on any atom is -0.337 e. The van der Waals surface area contributed by atoms with Gasteiger partial charge in [0, 0.05) is 11.8 Å². The lowest BCUT2D eigenvalue weighted by Crippen LogP contribution is -2.43. The summed E-state index contributed by atoms with van der Waals surface area (Å²) in [5.74, 6) is 1.05. The van der Waals surface area contributed by atoms with Gasteiger partial charge in [0.05, 0.1) is 10.4 Å². The number of hydrogen-bond acceptors (Lipinski definition) is 6. The van der Waals surface area contributed by atoms with Crippen LogP contribution in [0.1, 0.15) is 32.1 Å². The highest BCUT2D eigenvalue weighted by molar-refractivity contribution is 7.90. The number of benzene rings is 1. The quantitative estimate of drug-likeness (QED) is 0.932. The van der Waals surface area contributed by atoms with E-state index in [2.05, 4.69) is 22.4 Å². The van der Waals surface area contributed by atoms with Crippen LogP contribution in [0.2, 0.25) is 0 Å². The predicted molar refractivity (Wildman–Crippen MR) is 82.0 cm³/mol. The normalized spacial score (nSPS) is 22.6. The molecule has 0 aliphatic carbocycles. The molecule has 1 fully saturated rings. The third-order valence-electron chi connectivity index (χ3n) is 4.06. The number of nitrogens with one attached hydrogen (secondary N) is 1. The van der Waals surface area contributed by atoms with E-state index >= 15 is 0 Å². The predicted octanol–water partition coefficient (Wildman–Crippen LogP) is 2.13. The highest BCUT2D eigenvalue weighted by Gasteiger charge is 2.34. The fourth-order valence-electron chi connectivity index (χ4n) is 2.65. The Morgan fingerprint density at radius 1 is 1.23 bits per heavy atom. The first kappa shape index (κ1) is 15.2. The zero-order valence-electron chi connectivity index (χ0n) is 12.7. The third-order valence-corrected chi connectivity index (χ3v) is 5.19. The van der Waals surface area contributed by atoms with E-state index in [9.17, 15) is 8.42 Å². The molecule has 2 heterocycles. The molecule has 0 bridgehead atoms. The molecule has 1 aliphatic rings. The van der Waals surface area contributed by atoms with Crippen LogP contribution in [0, 0.1) is 0 Å². The summed E-state index contributed by atoms with van der Waals surface area (Å²) in [7, 11) is -3.20. The molecule has 1 aromatic carbocycles. The molecule has 118 valence electrons. The van der Waals surface area contributed by atoms with Crippen molar-refractivity contribution in [2.45, 2.75) is 36.6 Å². The SMILES string of the molecule is CC1(c2nc(-c3ccc(S(C)(=O)=O)cc3)no2)CCCCN1. The Kier molecular flexibility index (Phi) is 3.78. The summed E-state index contributed by atoms with van der Waals surface area (Å²) in [6.07, 6.45) is 4.43. The van der Waals surface area contributed by atoms with Gasteiger partial charge in [-0.25, -0.2) is 8.42 Å². The lowest BCUT2D eigenvalue weighted by Gasteiger charge is -2.31. The van der Waals surface area contributed by atoms with Crippen molar-refractivity contribution in [1.29, 1.82) is 0 Å². The second-order valence-electron chi connectivity index (χ2n) is 5.94. The van der Waals surface area contributed by atoms with Crippen LogP contribution in [0.4, 0.5) is 0 Å². The minimum absolute atomic E-state index is 0.279. The van der Waals surface area contributed by atoms with Gasteiger partial charge in [-0.2, -0.15) is 4.98 Å². The second kappa shape index (κ2) is 5.48. The Bertz CT molecular complexity index is 760. The molecule has 3 rings (SSSR count). The maximum Gasteiger partial charge on any atom is 0.246 e. The van der Waals surface area contributed by atoms with Crippen molar-refractivity contribution in [2.75, 3.05) is 12.8 Å². The van der Waals surface area contributed by atoms with Crippen LogP contribution >= 0.6 is 0 Å². The Morgan fingerprint density at radius 3 is 2.55 bits per heavy atom. The fraction of sp³-hybridized carbons (Fsp3) is 0.467. The highest BCUT2D eigenvalue weighted by atomic mass is 32.2. The summed E-state index contributed by atoms with van der Waals surface area (Å²) in [4.78, 5) is 4.76. The van der Waals surface area contributed by atoms with Gasteiger partial charge in [0.1, 0.15) is 0 Å². The number of nitrogens with zero attached hydrogens (tertiary/aromatic N) is 2. The van der Waals surface area contributed by atoms with E-state index in [0.717, 1.165) is 31.4 Å². The van der Waals surface area contributed by atoms with E-state index < -0.39 is 9.84 Å². The number of rotatable bonds is 3. The first-order valence-electron chi connectivity index (χ1n) is 7.28. The summed E-state index contributed by atoms with van der Waals surface area (Å²) >= 11 is 0. The monoisotopic (exact) mass is 321 g/mol. The molecule has 1 aliphatic heterocycles. The van der Waals surface area contributed by atoms with Crippen molar-refractivity contribution >= 4 is 9.84 Å². The Hall–Kier alpha value is -1.73. The maximum absolute atomic E-state index is 11.5. The largest absolute Gasteiger partial charge is 0.337 e. The summed E-state index contributed by atoms with van der Waals surface area (Å²) in [5, 5.41) is 7.45. The summed E-state index contributed by atoms with van der Waals surface area (Å²) in [6, 6.07) is 6.51. The van der Waals surface area contributed by atoms with E-state index in [4.69, 9.17) is 4.52 Å².